The zero-order chi connectivity index (χ0) is 12.4. The van der Waals surface area contributed by atoms with Crippen LogP contribution in [0.15, 0.2) is 16.6 Å². The van der Waals surface area contributed by atoms with Crippen molar-refractivity contribution >= 4 is 5.71 Å². The Labute approximate surface area is 101 Å². The Morgan fingerprint density at radius 3 is 2.00 bits per heavy atom. The maximum Gasteiger partial charge on any atom is 0.0527 e. The van der Waals surface area contributed by atoms with Gasteiger partial charge in [-0.05, 0) is 57.4 Å². The highest BCUT2D eigenvalue weighted by Gasteiger charge is 2.19. The number of aliphatic imine (C=N–C) groups is 1. The minimum absolute atomic E-state index is 0.0592. The summed E-state index contributed by atoms with van der Waals surface area (Å²) in [6, 6.07) is 0. The predicted octanol–water partition coefficient (Wildman–Crippen LogP) is 4.77. The quantitative estimate of drug-likeness (QED) is 0.558. The Morgan fingerprint density at radius 2 is 1.50 bits per heavy atom. The van der Waals surface area contributed by atoms with E-state index in [9.17, 15) is 0 Å². The second-order valence-corrected chi connectivity index (χ2v) is 6.97. The van der Waals surface area contributed by atoms with E-state index >= 15 is 0 Å². The molecule has 0 atom stereocenters. The number of rotatable bonds is 0. The molecule has 0 aliphatic heterocycles. The second-order valence-electron chi connectivity index (χ2n) is 6.97. The van der Waals surface area contributed by atoms with Crippen molar-refractivity contribution in [2.75, 3.05) is 0 Å². The topological polar surface area (TPSA) is 12.4 Å². The molecule has 1 rings (SSSR count). The van der Waals surface area contributed by atoms with Gasteiger partial charge < -0.3 is 0 Å². The maximum absolute atomic E-state index is 4.88. The van der Waals surface area contributed by atoms with Gasteiger partial charge in [0, 0.05) is 5.71 Å². The fraction of sp³-hybridized carbons (Fsp3) is 0.800. The zero-order valence-corrected chi connectivity index (χ0v) is 11.9. The van der Waals surface area contributed by atoms with E-state index in [0.29, 0.717) is 0 Å². The molecule has 1 aliphatic carbocycles. The summed E-state index contributed by atoms with van der Waals surface area (Å²) in [5.74, 6) is 0. The van der Waals surface area contributed by atoms with E-state index in [2.05, 4.69) is 47.6 Å². The molecule has 1 fully saturated rings. The lowest BCUT2D eigenvalue weighted by atomic mass is 9.85. The molecule has 0 spiro atoms. The number of hydrogen-bond donors (Lipinski definition) is 0. The molecule has 0 aromatic heterocycles. The minimum Gasteiger partial charge on any atom is -0.284 e. The Balaban J connectivity index is 2.97. The summed E-state index contributed by atoms with van der Waals surface area (Å²) < 4.78 is 0. The molecule has 1 nitrogen and oxygen atoms in total. The summed E-state index contributed by atoms with van der Waals surface area (Å²) in [7, 11) is 0. The standard InChI is InChI=1S/C15H27N/c1-14(2,3)11-12-9-7-8-10-13(12)16-15(4,5)6/h11H,7-10H2,1-6H3/b12-11-,16-13?. The van der Waals surface area contributed by atoms with Crippen molar-refractivity contribution < 1.29 is 0 Å². The molecule has 0 saturated heterocycles. The molecule has 1 aliphatic rings. The molecule has 0 heterocycles. The molecular formula is C15H27N. The monoisotopic (exact) mass is 221 g/mol. The molecule has 1 saturated carbocycles. The fourth-order valence-electron chi connectivity index (χ4n) is 2.12. The van der Waals surface area contributed by atoms with Crippen LogP contribution in [0.4, 0.5) is 0 Å². The van der Waals surface area contributed by atoms with E-state index in [1.807, 2.05) is 0 Å². The van der Waals surface area contributed by atoms with E-state index in [0.717, 1.165) is 0 Å². The highest BCUT2D eigenvalue weighted by atomic mass is 14.8. The van der Waals surface area contributed by atoms with Crippen LogP contribution in [0.25, 0.3) is 0 Å². The molecule has 0 bridgehead atoms. The first kappa shape index (κ1) is 13.5. The second kappa shape index (κ2) is 4.73. The number of nitrogens with zero attached hydrogens (tertiary/aromatic N) is 1. The van der Waals surface area contributed by atoms with Crippen molar-refractivity contribution in [3.05, 3.63) is 11.6 Å². The Bertz CT molecular complexity index is 262. The van der Waals surface area contributed by atoms with Crippen LogP contribution in [0, 0.1) is 5.41 Å². The van der Waals surface area contributed by atoms with Gasteiger partial charge in [0.15, 0.2) is 0 Å². The summed E-state index contributed by atoms with van der Waals surface area (Å²) in [6.45, 7) is 13.4. The summed E-state index contributed by atoms with van der Waals surface area (Å²) in [5.41, 5.74) is 3.18. The lowest BCUT2D eigenvalue weighted by Gasteiger charge is -2.24. The van der Waals surface area contributed by atoms with Crippen molar-refractivity contribution in [2.45, 2.75) is 72.8 Å². The largest absolute Gasteiger partial charge is 0.284 e. The third kappa shape index (κ3) is 4.96. The minimum atomic E-state index is 0.0592. The molecule has 0 aromatic carbocycles. The Hall–Kier alpha value is -0.590. The van der Waals surface area contributed by atoms with Crippen LogP contribution in [0.2, 0.25) is 0 Å². The first-order chi connectivity index (χ1) is 7.17. The van der Waals surface area contributed by atoms with Crippen LogP contribution in [-0.4, -0.2) is 11.3 Å². The van der Waals surface area contributed by atoms with Crippen molar-refractivity contribution in [1.82, 2.24) is 0 Å². The van der Waals surface area contributed by atoms with Crippen LogP contribution >= 0.6 is 0 Å². The molecule has 92 valence electrons. The third-order valence-electron chi connectivity index (χ3n) is 2.56. The Kier molecular flexibility index (Phi) is 3.98. The van der Waals surface area contributed by atoms with E-state index in [1.54, 1.807) is 0 Å². The summed E-state index contributed by atoms with van der Waals surface area (Å²) >= 11 is 0. The molecule has 0 radical (unpaired) electrons. The average Bonchev–Trinajstić information content (AvgIpc) is 2.03. The van der Waals surface area contributed by atoms with E-state index in [1.165, 1.54) is 37.0 Å². The van der Waals surface area contributed by atoms with Gasteiger partial charge in [0.05, 0.1) is 5.54 Å². The first-order valence-electron chi connectivity index (χ1n) is 6.48. The highest BCUT2D eigenvalue weighted by molar-refractivity contribution is 6.01. The van der Waals surface area contributed by atoms with Crippen molar-refractivity contribution in [2.24, 2.45) is 10.4 Å². The van der Waals surface area contributed by atoms with Crippen LogP contribution in [0.1, 0.15) is 67.2 Å². The van der Waals surface area contributed by atoms with Crippen LogP contribution in [0.5, 0.6) is 0 Å². The molecule has 16 heavy (non-hydrogen) atoms. The van der Waals surface area contributed by atoms with Crippen LogP contribution in [0.3, 0.4) is 0 Å². The number of allylic oxidation sites excluding steroid dienone is 2. The van der Waals surface area contributed by atoms with Gasteiger partial charge in [-0.1, -0.05) is 26.8 Å². The molecule has 1 heteroatoms. The SMILES string of the molecule is CC(C)(C)/C=C1/CCCCC1=NC(C)(C)C. The highest BCUT2D eigenvalue weighted by Crippen LogP contribution is 2.28. The first-order valence-corrected chi connectivity index (χ1v) is 6.48. The summed E-state index contributed by atoms with van der Waals surface area (Å²) in [5, 5.41) is 0. The molecular weight excluding hydrogens is 194 g/mol. The molecule has 0 amide bonds. The lowest BCUT2D eigenvalue weighted by Crippen LogP contribution is -2.19. The zero-order valence-electron chi connectivity index (χ0n) is 11.9. The van der Waals surface area contributed by atoms with Gasteiger partial charge in [0.2, 0.25) is 0 Å². The Morgan fingerprint density at radius 1 is 0.938 bits per heavy atom. The number of hydrogen-bond acceptors (Lipinski definition) is 1. The van der Waals surface area contributed by atoms with Gasteiger partial charge in [-0.3, -0.25) is 4.99 Å². The van der Waals surface area contributed by atoms with E-state index < -0.39 is 0 Å². The maximum atomic E-state index is 4.88. The van der Waals surface area contributed by atoms with Gasteiger partial charge in [-0.25, -0.2) is 0 Å². The molecule has 0 aromatic rings. The molecule has 0 unspecified atom stereocenters. The van der Waals surface area contributed by atoms with Crippen molar-refractivity contribution in [3.63, 3.8) is 0 Å². The average molecular weight is 221 g/mol. The van der Waals surface area contributed by atoms with E-state index in [-0.39, 0.29) is 11.0 Å². The van der Waals surface area contributed by atoms with Gasteiger partial charge in [-0.2, -0.15) is 0 Å². The fourth-order valence-corrected chi connectivity index (χ4v) is 2.12. The summed E-state index contributed by atoms with van der Waals surface area (Å²) in [6.07, 6.45) is 7.42. The third-order valence-corrected chi connectivity index (χ3v) is 2.56. The van der Waals surface area contributed by atoms with E-state index in [4.69, 9.17) is 4.99 Å². The lowest BCUT2D eigenvalue weighted by molar-refractivity contribution is 0.534. The van der Waals surface area contributed by atoms with Crippen molar-refractivity contribution in [1.29, 1.82) is 0 Å². The smallest absolute Gasteiger partial charge is 0.0527 e. The van der Waals surface area contributed by atoms with Gasteiger partial charge in [0.25, 0.3) is 0 Å². The van der Waals surface area contributed by atoms with Crippen LogP contribution < -0.4 is 0 Å². The van der Waals surface area contributed by atoms with Crippen LogP contribution in [-0.2, 0) is 0 Å². The van der Waals surface area contributed by atoms with Gasteiger partial charge in [-0.15, -0.1) is 0 Å². The predicted molar refractivity (Wildman–Crippen MR) is 73.2 cm³/mol. The van der Waals surface area contributed by atoms with Crippen molar-refractivity contribution in [3.8, 4) is 0 Å². The van der Waals surface area contributed by atoms with Gasteiger partial charge in [0.1, 0.15) is 0 Å². The summed E-state index contributed by atoms with van der Waals surface area (Å²) in [4.78, 5) is 4.88. The normalized spacial score (nSPS) is 24.1. The molecule has 0 N–H and O–H groups in total. The van der Waals surface area contributed by atoms with Gasteiger partial charge >= 0.3 is 0 Å².